The Kier molecular flexibility index (Phi) is 4.52. The number of fused-ring (bicyclic) bond motifs is 1. The Morgan fingerprint density at radius 1 is 1.04 bits per heavy atom. The first kappa shape index (κ1) is 17.6. The number of carbonyl (C=O) groups excluding carboxylic acids is 1. The molecule has 1 saturated carbocycles. The maximum absolute atomic E-state index is 13.1. The number of hydrogen-bond donors (Lipinski definition) is 1. The largest absolute Gasteiger partial charge is 0.355 e. The Balaban J connectivity index is 1.32. The molecule has 1 aromatic heterocycles. The number of nitrogens with zero attached hydrogens (tertiary/aromatic N) is 1. The summed E-state index contributed by atoms with van der Waals surface area (Å²) in [6.45, 7) is 0.739. The molecule has 2 aliphatic carbocycles. The van der Waals surface area contributed by atoms with Crippen LogP contribution in [0.1, 0.15) is 42.2 Å². The standard InChI is InChI=1S/C24H24N2OS/c27-22(25-16-24(14-15-24)17-8-2-1-3-9-17)18-10-4-5-11-19(18)23-26-20-12-6-7-13-21(20)28-23/h1-9,12-13,18-19H,10-11,14-16H2,(H,25,27)/t18-,19+/m0/s1. The van der Waals surface area contributed by atoms with Gasteiger partial charge in [-0.05, 0) is 43.4 Å². The van der Waals surface area contributed by atoms with Crippen molar-refractivity contribution in [2.24, 2.45) is 5.92 Å². The van der Waals surface area contributed by atoms with E-state index in [9.17, 15) is 4.79 Å². The lowest BCUT2D eigenvalue weighted by atomic mass is 9.82. The molecule has 2 atom stereocenters. The summed E-state index contributed by atoms with van der Waals surface area (Å²) in [6, 6.07) is 18.8. The van der Waals surface area contributed by atoms with Gasteiger partial charge in [-0.1, -0.05) is 54.6 Å². The highest BCUT2D eigenvalue weighted by molar-refractivity contribution is 7.18. The van der Waals surface area contributed by atoms with Gasteiger partial charge in [0.25, 0.3) is 0 Å². The Labute approximate surface area is 169 Å². The van der Waals surface area contributed by atoms with E-state index in [0.717, 1.165) is 42.8 Å². The maximum atomic E-state index is 13.1. The van der Waals surface area contributed by atoms with Crippen LogP contribution >= 0.6 is 11.3 Å². The second kappa shape index (κ2) is 7.17. The van der Waals surface area contributed by atoms with Gasteiger partial charge in [0.05, 0.1) is 21.1 Å². The molecule has 1 amide bonds. The summed E-state index contributed by atoms with van der Waals surface area (Å²) in [7, 11) is 0. The molecule has 0 bridgehead atoms. The summed E-state index contributed by atoms with van der Waals surface area (Å²) >= 11 is 1.73. The summed E-state index contributed by atoms with van der Waals surface area (Å²) in [6.07, 6.45) is 8.35. The highest BCUT2D eigenvalue weighted by atomic mass is 32.1. The molecule has 2 aromatic carbocycles. The fourth-order valence-corrected chi connectivity index (χ4v) is 5.47. The van der Waals surface area contributed by atoms with E-state index in [-0.39, 0.29) is 23.2 Å². The van der Waals surface area contributed by atoms with Gasteiger partial charge >= 0.3 is 0 Å². The van der Waals surface area contributed by atoms with Gasteiger partial charge in [0.1, 0.15) is 0 Å². The summed E-state index contributed by atoms with van der Waals surface area (Å²) in [5, 5.41) is 4.38. The molecular weight excluding hydrogens is 364 g/mol. The van der Waals surface area contributed by atoms with Crippen LogP contribution < -0.4 is 5.32 Å². The van der Waals surface area contributed by atoms with Gasteiger partial charge in [0.2, 0.25) is 5.91 Å². The van der Waals surface area contributed by atoms with Crippen molar-refractivity contribution in [3.05, 3.63) is 77.3 Å². The minimum atomic E-state index is -0.0304. The first-order valence-corrected chi connectivity index (χ1v) is 10.9. The SMILES string of the molecule is O=C(NCC1(c2ccccc2)CC1)[C@H]1CC=CC[C@H]1c1nc2ccccc2s1. The van der Waals surface area contributed by atoms with Crippen LogP contribution in [-0.2, 0) is 10.2 Å². The molecule has 1 N–H and O–H groups in total. The lowest BCUT2D eigenvalue weighted by molar-refractivity contribution is -0.125. The molecule has 4 heteroatoms. The average Bonchev–Trinajstić information content (AvgIpc) is 3.43. The normalized spacial score (nSPS) is 22.9. The van der Waals surface area contributed by atoms with Gasteiger partial charge in [-0.25, -0.2) is 4.98 Å². The van der Waals surface area contributed by atoms with Crippen molar-refractivity contribution in [2.75, 3.05) is 6.54 Å². The molecule has 0 unspecified atom stereocenters. The van der Waals surface area contributed by atoms with Gasteiger partial charge in [-0.2, -0.15) is 0 Å². The summed E-state index contributed by atoms with van der Waals surface area (Å²) in [5.41, 5.74) is 2.53. The molecule has 1 heterocycles. The van der Waals surface area contributed by atoms with Crippen LogP contribution in [0.5, 0.6) is 0 Å². The van der Waals surface area contributed by atoms with Crippen molar-refractivity contribution in [2.45, 2.75) is 37.0 Å². The van der Waals surface area contributed by atoms with Crippen molar-refractivity contribution in [1.29, 1.82) is 0 Å². The lowest BCUT2D eigenvalue weighted by Gasteiger charge is -2.27. The summed E-state index contributed by atoms with van der Waals surface area (Å²) < 4.78 is 1.20. The number of aromatic nitrogens is 1. The first-order chi connectivity index (χ1) is 13.8. The number of benzene rings is 2. The third-order valence-corrected chi connectivity index (χ3v) is 7.41. The number of para-hydroxylation sites is 1. The van der Waals surface area contributed by atoms with E-state index < -0.39 is 0 Å². The van der Waals surface area contributed by atoms with Crippen LogP contribution in [-0.4, -0.2) is 17.4 Å². The van der Waals surface area contributed by atoms with E-state index >= 15 is 0 Å². The van der Waals surface area contributed by atoms with Crippen molar-refractivity contribution in [1.82, 2.24) is 10.3 Å². The number of amides is 1. The van der Waals surface area contributed by atoms with Crippen LogP contribution in [0.15, 0.2) is 66.7 Å². The third-order valence-electron chi connectivity index (χ3n) is 6.24. The van der Waals surface area contributed by atoms with Gasteiger partial charge in [0.15, 0.2) is 0 Å². The quantitative estimate of drug-likeness (QED) is 0.611. The molecule has 1 fully saturated rings. The zero-order chi connectivity index (χ0) is 19.0. The van der Waals surface area contributed by atoms with Gasteiger partial charge in [-0.3, -0.25) is 4.79 Å². The molecule has 0 spiro atoms. The maximum Gasteiger partial charge on any atom is 0.224 e. The van der Waals surface area contributed by atoms with Crippen LogP contribution in [0.25, 0.3) is 10.2 Å². The number of allylic oxidation sites excluding steroid dienone is 2. The molecule has 3 nitrogen and oxygen atoms in total. The van der Waals surface area contributed by atoms with Crippen LogP contribution in [0.2, 0.25) is 0 Å². The highest BCUT2D eigenvalue weighted by Gasteiger charge is 2.44. The molecule has 0 saturated heterocycles. The topological polar surface area (TPSA) is 42.0 Å². The molecule has 0 radical (unpaired) electrons. The number of nitrogens with one attached hydrogen (secondary N) is 1. The van der Waals surface area contributed by atoms with Crippen molar-refractivity contribution < 1.29 is 4.79 Å². The minimum absolute atomic E-state index is 0.0304. The Morgan fingerprint density at radius 2 is 1.79 bits per heavy atom. The van der Waals surface area contributed by atoms with E-state index in [1.807, 2.05) is 12.1 Å². The predicted octanol–water partition coefficient (Wildman–Crippen LogP) is 5.19. The molecule has 28 heavy (non-hydrogen) atoms. The number of hydrogen-bond acceptors (Lipinski definition) is 3. The van der Waals surface area contributed by atoms with E-state index in [4.69, 9.17) is 4.98 Å². The summed E-state index contributed by atoms with van der Waals surface area (Å²) in [4.78, 5) is 18.0. The van der Waals surface area contributed by atoms with E-state index in [2.05, 4.69) is 59.9 Å². The monoisotopic (exact) mass is 388 g/mol. The van der Waals surface area contributed by atoms with Crippen LogP contribution in [0.3, 0.4) is 0 Å². The fourth-order valence-electron chi connectivity index (χ4n) is 4.32. The smallest absolute Gasteiger partial charge is 0.224 e. The highest BCUT2D eigenvalue weighted by Crippen LogP contribution is 2.47. The average molecular weight is 389 g/mol. The Hall–Kier alpha value is -2.46. The molecular formula is C24H24N2OS. The zero-order valence-electron chi connectivity index (χ0n) is 15.8. The van der Waals surface area contributed by atoms with Gasteiger partial charge in [-0.15, -0.1) is 11.3 Å². The second-order valence-corrected chi connectivity index (χ2v) is 9.10. The molecule has 2 aliphatic rings. The minimum Gasteiger partial charge on any atom is -0.355 e. The van der Waals surface area contributed by atoms with Gasteiger partial charge < -0.3 is 5.32 Å². The van der Waals surface area contributed by atoms with Crippen LogP contribution in [0, 0.1) is 5.92 Å². The van der Waals surface area contributed by atoms with Crippen molar-refractivity contribution >= 4 is 27.5 Å². The van der Waals surface area contributed by atoms with Crippen LogP contribution in [0.4, 0.5) is 0 Å². The predicted molar refractivity (Wildman–Crippen MR) is 115 cm³/mol. The molecule has 0 aliphatic heterocycles. The fraction of sp³-hybridized carbons (Fsp3) is 0.333. The van der Waals surface area contributed by atoms with Crippen molar-refractivity contribution in [3.63, 3.8) is 0 Å². The molecule has 3 aromatic rings. The molecule has 5 rings (SSSR count). The van der Waals surface area contributed by atoms with E-state index in [1.54, 1.807) is 11.3 Å². The van der Waals surface area contributed by atoms with E-state index in [1.165, 1.54) is 10.3 Å². The summed E-state index contributed by atoms with van der Waals surface area (Å²) in [5.74, 6) is 0.322. The van der Waals surface area contributed by atoms with Crippen molar-refractivity contribution in [3.8, 4) is 0 Å². The number of carbonyl (C=O) groups is 1. The zero-order valence-corrected chi connectivity index (χ0v) is 16.6. The van der Waals surface area contributed by atoms with Gasteiger partial charge in [0, 0.05) is 17.9 Å². The first-order valence-electron chi connectivity index (χ1n) is 10.1. The third kappa shape index (κ3) is 3.26. The second-order valence-electron chi connectivity index (χ2n) is 8.04. The number of thiazole rings is 1. The Morgan fingerprint density at radius 3 is 2.57 bits per heavy atom. The van der Waals surface area contributed by atoms with E-state index in [0.29, 0.717) is 0 Å². The molecule has 142 valence electrons. The Bertz CT molecular complexity index is 986. The lowest BCUT2D eigenvalue weighted by Crippen LogP contribution is -2.39. The number of rotatable bonds is 5.